The Balaban J connectivity index is 2.05. The number of oxazole rings is 1. The molecule has 72 valence electrons. The van der Waals surface area contributed by atoms with E-state index >= 15 is 0 Å². The first-order valence-corrected chi connectivity index (χ1v) is 5.78. The second-order valence-corrected chi connectivity index (χ2v) is 4.47. The highest BCUT2D eigenvalue weighted by molar-refractivity contribution is 7.99. The minimum Gasteiger partial charge on any atom is -0.444 e. The third-order valence-electron chi connectivity index (χ3n) is 2.37. The van der Waals surface area contributed by atoms with Crippen LogP contribution >= 0.6 is 11.8 Å². The van der Waals surface area contributed by atoms with E-state index in [1.165, 1.54) is 24.3 Å². The molecule has 2 rings (SSSR count). The van der Waals surface area contributed by atoms with Crippen molar-refractivity contribution in [1.82, 2.24) is 4.98 Å². The molecule has 0 radical (unpaired) electrons. The Labute approximate surface area is 82.1 Å². The van der Waals surface area contributed by atoms with Gasteiger partial charge in [-0.2, -0.15) is 11.8 Å². The molecular weight excluding hydrogens is 184 g/mol. The van der Waals surface area contributed by atoms with Crippen molar-refractivity contribution in [3.8, 4) is 0 Å². The van der Waals surface area contributed by atoms with Crippen molar-refractivity contribution in [2.45, 2.75) is 25.3 Å². The maximum Gasteiger partial charge on any atom is 0.208 e. The molecule has 0 saturated carbocycles. The van der Waals surface area contributed by atoms with E-state index in [-0.39, 0.29) is 0 Å². The van der Waals surface area contributed by atoms with Gasteiger partial charge in [-0.25, -0.2) is 4.98 Å². The largest absolute Gasteiger partial charge is 0.444 e. The Kier molecular flexibility index (Phi) is 2.90. The van der Waals surface area contributed by atoms with Crippen LogP contribution in [-0.4, -0.2) is 16.5 Å². The number of nitrogens with two attached hydrogens (primary N) is 1. The fraction of sp³-hybridized carbons (Fsp3) is 0.667. The Morgan fingerprint density at radius 3 is 2.92 bits per heavy atom. The second kappa shape index (κ2) is 4.15. The van der Waals surface area contributed by atoms with Gasteiger partial charge in [-0.05, 0) is 24.3 Å². The van der Waals surface area contributed by atoms with Crippen LogP contribution in [0.2, 0.25) is 0 Å². The van der Waals surface area contributed by atoms with Crippen molar-refractivity contribution in [2.75, 3.05) is 11.5 Å². The molecule has 2 N–H and O–H groups in total. The smallest absolute Gasteiger partial charge is 0.208 e. The molecule has 1 saturated heterocycles. The molecule has 0 aliphatic carbocycles. The van der Waals surface area contributed by atoms with Crippen LogP contribution in [0, 0.1) is 0 Å². The van der Waals surface area contributed by atoms with Gasteiger partial charge in [-0.15, -0.1) is 0 Å². The molecule has 1 fully saturated rings. The first-order valence-electron chi connectivity index (χ1n) is 4.62. The van der Waals surface area contributed by atoms with E-state index in [9.17, 15) is 0 Å². The minimum atomic E-state index is 0.404. The maximum absolute atomic E-state index is 5.53. The van der Waals surface area contributed by atoms with Crippen LogP contribution in [0.5, 0.6) is 0 Å². The average molecular weight is 198 g/mol. The molecular formula is C9H14N2OS. The number of hydrogen-bond donors (Lipinski definition) is 1. The molecule has 13 heavy (non-hydrogen) atoms. The zero-order chi connectivity index (χ0) is 9.10. The first-order chi connectivity index (χ1) is 6.40. The third kappa shape index (κ3) is 2.06. The SMILES string of the molecule is NCc1ncc(C2CCSCC2)o1. The quantitative estimate of drug-likeness (QED) is 0.786. The Hall–Kier alpha value is -0.480. The number of thioether (sulfide) groups is 1. The summed E-state index contributed by atoms with van der Waals surface area (Å²) < 4.78 is 5.53. The standard InChI is InChI=1S/C9H14N2OS/c10-5-9-11-6-8(12-9)7-1-3-13-4-2-7/h6-7H,1-5,10H2. The predicted octanol–water partition coefficient (Wildman–Crippen LogP) is 1.74. The molecule has 1 aromatic rings. The number of aromatic nitrogens is 1. The highest BCUT2D eigenvalue weighted by Crippen LogP contribution is 2.31. The number of hydrogen-bond acceptors (Lipinski definition) is 4. The summed E-state index contributed by atoms with van der Waals surface area (Å²) in [5, 5.41) is 0. The van der Waals surface area contributed by atoms with Crippen LogP contribution in [0.4, 0.5) is 0 Å². The van der Waals surface area contributed by atoms with E-state index in [0.717, 1.165) is 5.76 Å². The Morgan fingerprint density at radius 2 is 2.31 bits per heavy atom. The lowest BCUT2D eigenvalue weighted by molar-refractivity contribution is 0.413. The zero-order valence-electron chi connectivity index (χ0n) is 7.53. The summed E-state index contributed by atoms with van der Waals surface area (Å²) in [5.74, 6) is 4.75. The van der Waals surface area contributed by atoms with E-state index in [2.05, 4.69) is 4.98 Å². The first kappa shape index (κ1) is 9.09. The lowest BCUT2D eigenvalue weighted by atomic mass is 10.0. The molecule has 1 aliphatic rings. The van der Waals surface area contributed by atoms with E-state index in [1.54, 1.807) is 0 Å². The summed E-state index contributed by atoms with van der Waals surface area (Å²) in [6.45, 7) is 0.404. The van der Waals surface area contributed by atoms with Crippen molar-refractivity contribution in [3.05, 3.63) is 17.8 Å². The van der Waals surface area contributed by atoms with Gasteiger partial charge in [0.1, 0.15) is 5.76 Å². The third-order valence-corrected chi connectivity index (χ3v) is 3.42. The van der Waals surface area contributed by atoms with Gasteiger partial charge in [0, 0.05) is 5.92 Å². The van der Waals surface area contributed by atoms with Crippen LogP contribution < -0.4 is 5.73 Å². The number of rotatable bonds is 2. The highest BCUT2D eigenvalue weighted by atomic mass is 32.2. The van der Waals surface area contributed by atoms with Gasteiger partial charge in [0.2, 0.25) is 5.89 Å². The Bertz CT molecular complexity index is 268. The predicted molar refractivity (Wildman–Crippen MR) is 53.7 cm³/mol. The van der Waals surface area contributed by atoms with E-state index < -0.39 is 0 Å². The summed E-state index contributed by atoms with van der Waals surface area (Å²) >= 11 is 2.02. The van der Waals surface area contributed by atoms with Gasteiger partial charge in [0.05, 0.1) is 12.7 Å². The summed E-state index contributed by atoms with van der Waals surface area (Å²) in [6.07, 6.45) is 4.26. The normalized spacial score (nSPS) is 19.2. The molecule has 0 bridgehead atoms. The molecule has 0 spiro atoms. The molecule has 4 heteroatoms. The summed E-state index contributed by atoms with van der Waals surface area (Å²) in [6, 6.07) is 0. The van der Waals surface area contributed by atoms with Crippen molar-refractivity contribution in [2.24, 2.45) is 5.73 Å². The fourth-order valence-corrected chi connectivity index (χ4v) is 2.70. The molecule has 1 aliphatic heterocycles. The minimum absolute atomic E-state index is 0.404. The van der Waals surface area contributed by atoms with Gasteiger partial charge in [-0.3, -0.25) is 0 Å². The van der Waals surface area contributed by atoms with Crippen molar-refractivity contribution >= 4 is 11.8 Å². The second-order valence-electron chi connectivity index (χ2n) is 3.25. The average Bonchev–Trinajstić information content (AvgIpc) is 2.67. The molecule has 0 amide bonds. The zero-order valence-corrected chi connectivity index (χ0v) is 8.35. The Morgan fingerprint density at radius 1 is 1.54 bits per heavy atom. The van der Waals surface area contributed by atoms with E-state index in [4.69, 9.17) is 10.2 Å². The fourth-order valence-electron chi connectivity index (χ4n) is 1.59. The summed E-state index contributed by atoms with van der Waals surface area (Å²) in [7, 11) is 0. The van der Waals surface area contributed by atoms with Crippen LogP contribution in [0.3, 0.4) is 0 Å². The van der Waals surface area contributed by atoms with Gasteiger partial charge < -0.3 is 10.2 Å². The number of nitrogens with zero attached hydrogens (tertiary/aromatic N) is 1. The molecule has 3 nitrogen and oxygen atoms in total. The van der Waals surface area contributed by atoms with Crippen molar-refractivity contribution in [1.29, 1.82) is 0 Å². The van der Waals surface area contributed by atoms with Crippen molar-refractivity contribution in [3.63, 3.8) is 0 Å². The lowest BCUT2D eigenvalue weighted by Crippen LogP contribution is -2.06. The monoisotopic (exact) mass is 198 g/mol. The molecule has 0 unspecified atom stereocenters. The van der Waals surface area contributed by atoms with Crippen molar-refractivity contribution < 1.29 is 4.42 Å². The van der Waals surface area contributed by atoms with Gasteiger partial charge >= 0.3 is 0 Å². The van der Waals surface area contributed by atoms with Gasteiger partial charge in [0.15, 0.2) is 0 Å². The van der Waals surface area contributed by atoms with E-state index in [0.29, 0.717) is 18.4 Å². The maximum atomic E-state index is 5.53. The van der Waals surface area contributed by atoms with Gasteiger partial charge in [-0.1, -0.05) is 0 Å². The summed E-state index contributed by atoms with van der Waals surface area (Å²) in [5.41, 5.74) is 5.43. The summed E-state index contributed by atoms with van der Waals surface area (Å²) in [4.78, 5) is 4.11. The van der Waals surface area contributed by atoms with E-state index in [1.807, 2.05) is 18.0 Å². The topological polar surface area (TPSA) is 52.0 Å². The lowest BCUT2D eigenvalue weighted by Gasteiger charge is -2.18. The molecule has 0 aromatic carbocycles. The van der Waals surface area contributed by atoms with Crippen LogP contribution in [0.25, 0.3) is 0 Å². The van der Waals surface area contributed by atoms with Crippen LogP contribution in [0.15, 0.2) is 10.6 Å². The molecule has 2 heterocycles. The van der Waals surface area contributed by atoms with Crippen LogP contribution in [-0.2, 0) is 6.54 Å². The van der Waals surface area contributed by atoms with Crippen LogP contribution in [0.1, 0.15) is 30.4 Å². The molecule has 1 aromatic heterocycles. The highest BCUT2D eigenvalue weighted by Gasteiger charge is 2.19. The molecule has 0 atom stereocenters. The van der Waals surface area contributed by atoms with Gasteiger partial charge in [0.25, 0.3) is 0 Å².